The van der Waals surface area contributed by atoms with Crippen LogP contribution >= 0.6 is 0 Å². The summed E-state index contributed by atoms with van der Waals surface area (Å²) in [4.78, 5) is 15.1. The molecule has 1 fully saturated rings. The molecule has 0 N–H and O–H groups in total. The van der Waals surface area contributed by atoms with Crippen LogP contribution in [0.15, 0.2) is 35.3 Å². The number of piperazine rings is 1. The first-order valence-corrected chi connectivity index (χ1v) is 12.9. The molecule has 0 radical (unpaired) electrons. The van der Waals surface area contributed by atoms with Crippen molar-refractivity contribution in [2.75, 3.05) is 56.7 Å². The summed E-state index contributed by atoms with van der Waals surface area (Å²) in [5.74, 6) is -0.0186. The Bertz CT molecular complexity index is 1160. The molecule has 2 aromatic rings. The van der Waals surface area contributed by atoms with E-state index in [2.05, 4.69) is 5.10 Å². The second-order valence-corrected chi connectivity index (χ2v) is 9.96. The number of ether oxygens (including phenoxy) is 2. The zero-order chi connectivity index (χ0) is 25.6. The molecular weight excluding hydrogens is 489 g/mol. The van der Waals surface area contributed by atoms with Gasteiger partial charge in [0.1, 0.15) is 12.3 Å². The molecule has 1 aliphatic heterocycles. The van der Waals surface area contributed by atoms with Gasteiger partial charge in [0.2, 0.25) is 15.8 Å². The second-order valence-electron chi connectivity index (χ2n) is 7.87. The molecule has 0 bridgehead atoms. The van der Waals surface area contributed by atoms with Gasteiger partial charge in [-0.3, -0.25) is 4.79 Å². The summed E-state index contributed by atoms with van der Waals surface area (Å²) in [5, 5.41) is 4.10. The van der Waals surface area contributed by atoms with E-state index in [9.17, 15) is 26.4 Å². The molecule has 0 aliphatic carbocycles. The highest BCUT2D eigenvalue weighted by Gasteiger charge is 2.31. The van der Waals surface area contributed by atoms with Gasteiger partial charge in [-0.25, -0.2) is 8.42 Å². The maximum Gasteiger partial charge on any atom is 0.416 e. The van der Waals surface area contributed by atoms with E-state index < -0.39 is 27.3 Å². The Balaban J connectivity index is 1.93. The predicted octanol–water partition coefficient (Wildman–Crippen LogP) is 2.53. The third-order valence-corrected chi connectivity index (χ3v) is 7.52. The summed E-state index contributed by atoms with van der Waals surface area (Å²) in [5.41, 5.74) is -1.33. The van der Waals surface area contributed by atoms with Gasteiger partial charge in [-0.15, -0.1) is 0 Å². The van der Waals surface area contributed by atoms with E-state index in [4.69, 9.17) is 9.47 Å². The van der Waals surface area contributed by atoms with Crippen LogP contribution in [0.2, 0.25) is 0 Å². The van der Waals surface area contributed by atoms with Gasteiger partial charge < -0.3 is 14.4 Å². The van der Waals surface area contributed by atoms with Crippen molar-refractivity contribution in [3.63, 3.8) is 0 Å². The third-order valence-electron chi connectivity index (χ3n) is 5.45. The lowest BCUT2D eigenvalue weighted by Gasteiger charge is -2.35. The van der Waals surface area contributed by atoms with Crippen molar-refractivity contribution in [2.24, 2.45) is 0 Å². The summed E-state index contributed by atoms with van der Waals surface area (Å²) in [6, 6.07) is 4.31. The lowest BCUT2D eigenvalue weighted by Crippen LogP contribution is -2.49. The Labute approximate surface area is 202 Å². The third kappa shape index (κ3) is 6.53. The number of benzene rings is 1. The minimum Gasteiger partial charge on any atom is -0.484 e. The number of rotatable bonds is 10. The first-order chi connectivity index (χ1) is 16.6. The molecule has 2 heterocycles. The predicted molar refractivity (Wildman–Crippen MR) is 125 cm³/mol. The fraction of sp³-hybridized carbons (Fsp3) is 0.545. The van der Waals surface area contributed by atoms with Crippen LogP contribution in [0.25, 0.3) is 5.69 Å². The van der Waals surface area contributed by atoms with Crippen molar-refractivity contribution in [1.29, 1.82) is 0 Å². The molecule has 1 saturated heterocycles. The minimum atomic E-state index is -4.58. The maximum atomic E-state index is 13.3. The highest BCUT2D eigenvalue weighted by Crippen LogP contribution is 2.31. The van der Waals surface area contributed by atoms with E-state index in [1.165, 1.54) is 22.6 Å². The summed E-state index contributed by atoms with van der Waals surface area (Å²) in [6.45, 7) is 5.40. The summed E-state index contributed by atoms with van der Waals surface area (Å²) >= 11 is 0. The number of aromatic nitrogens is 2. The SMILES string of the molecule is CCCS(=O)(=O)N1CCN(c2cnn(-c3cccc(C(F)(F)F)c3)c(=O)c2OCCOCC)CC1. The topological polar surface area (TPSA) is 94.0 Å². The van der Waals surface area contributed by atoms with Gasteiger partial charge in [-0.2, -0.15) is 27.3 Å². The van der Waals surface area contributed by atoms with Crippen molar-refractivity contribution in [3.05, 3.63) is 46.4 Å². The van der Waals surface area contributed by atoms with Gasteiger partial charge in [0.05, 0.1) is 29.8 Å². The number of hydrogen-bond acceptors (Lipinski definition) is 7. The number of hydrogen-bond donors (Lipinski definition) is 0. The number of sulfonamides is 1. The summed E-state index contributed by atoms with van der Waals surface area (Å²) < 4.78 is 77.5. The van der Waals surface area contributed by atoms with Gasteiger partial charge in [0, 0.05) is 32.8 Å². The lowest BCUT2D eigenvalue weighted by molar-refractivity contribution is -0.137. The number of halogens is 3. The van der Waals surface area contributed by atoms with E-state index >= 15 is 0 Å². The van der Waals surface area contributed by atoms with Gasteiger partial charge in [-0.1, -0.05) is 13.0 Å². The molecule has 1 aromatic heterocycles. The molecule has 35 heavy (non-hydrogen) atoms. The smallest absolute Gasteiger partial charge is 0.416 e. The number of alkyl halides is 3. The van der Waals surface area contributed by atoms with E-state index in [0.717, 1.165) is 16.8 Å². The average molecular weight is 519 g/mol. The van der Waals surface area contributed by atoms with Crippen LogP contribution in [-0.4, -0.2) is 74.3 Å². The lowest BCUT2D eigenvalue weighted by atomic mass is 10.2. The second kappa shape index (κ2) is 11.4. The Hall–Kier alpha value is -2.64. The van der Waals surface area contributed by atoms with E-state index in [0.29, 0.717) is 31.8 Å². The maximum absolute atomic E-state index is 13.3. The van der Waals surface area contributed by atoms with E-state index in [1.807, 2.05) is 6.92 Å². The van der Waals surface area contributed by atoms with Crippen molar-refractivity contribution in [1.82, 2.24) is 14.1 Å². The molecule has 9 nitrogen and oxygen atoms in total. The molecule has 1 aliphatic rings. The number of nitrogens with zero attached hydrogens (tertiary/aromatic N) is 4. The monoisotopic (exact) mass is 518 g/mol. The van der Waals surface area contributed by atoms with Crippen LogP contribution in [0.3, 0.4) is 0 Å². The van der Waals surface area contributed by atoms with E-state index in [1.54, 1.807) is 11.8 Å². The molecule has 0 amide bonds. The zero-order valence-electron chi connectivity index (χ0n) is 19.6. The van der Waals surface area contributed by atoms with Crippen molar-refractivity contribution in [3.8, 4) is 11.4 Å². The van der Waals surface area contributed by atoms with Gasteiger partial charge in [0.25, 0.3) is 0 Å². The molecule has 0 atom stereocenters. The molecular formula is C22H29F3N4O5S. The molecule has 0 unspecified atom stereocenters. The standard InChI is InChI=1S/C22H29F3N4O5S/c1-3-14-35(31,32)28-10-8-27(9-11-28)19-16-26-29(21(30)20(19)34-13-12-33-4-2)18-7-5-6-17(15-18)22(23,24)25/h5-7,15-16H,3-4,8-14H2,1-2H3. The normalized spacial score (nSPS) is 15.4. The van der Waals surface area contributed by atoms with Gasteiger partial charge in [0.15, 0.2) is 0 Å². The Morgan fingerprint density at radius 2 is 1.80 bits per heavy atom. The Morgan fingerprint density at radius 3 is 2.43 bits per heavy atom. The van der Waals surface area contributed by atoms with Crippen LogP contribution in [0.4, 0.5) is 18.9 Å². The molecule has 3 rings (SSSR count). The summed E-state index contributed by atoms with van der Waals surface area (Å²) in [6.07, 6.45) is -2.71. The Morgan fingerprint density at radius 1 is 1.09 bits per heavy atom. The molecule has 194 valence electrons. The van der Waals surface area contributed by atoms with Crippen molar-refractivity contribution < 1.29 is 31.1 Å². The van der Waals surface area contributed by atoms with Crippen LogP contribution in [0, 0.1) is 0 Å². The Kier molecular flexibility index (Phi) is 8.78. The average Bonchev–Trinajstić information content (AvgIpc) is 2.82. The highest BCUT2D eigenvalue weighted by atomic mass is 32.2. The van der Waals surface area contributed by atoms with Crippen LogP contribution < -0.4 is 15.2 Å². The molecule has 0 spiro atoms. The fourth-order valence-electron chi connectivity index (χ4n) is 3.73. The van der Waals surface area contributed by atoms with Crippen molar-refractivity contribution >= 4 is 15.7 Å². The van der Waals surface area contributed by atoms with E-state index in [-0.39, 0.29) is 43.5 Å². The van der Waals surface area contributed by atoms with Gasteiger partial charge >= 0.3 is 11.7 Å². The first-order valence-electron chi connectivity index (χ1n) is 11.3. The minimum absolute atomic E-state index is 0.0491. The van der Waals surface area contributed by atoms with Crippen LogP contribution in [-0.2, 0) is 20.9 Å². The largest absolute Gasteiger partial charge is 0.484 e. The first kappa shape index (κ1) is 27.0. The van der Waals surface area contributed by atoms with Gasteiger partial charge in [-0.05, 0) is 31.5 Å². The summed E-state index contributed by atoms with van der Waals surface area (Å²) in [7, 11) is -3.35. The van der Waals surface area contributed by atoms with Crippen LogP contribution in [0.5, 0.6) is 5.75 Å². The quantitative estimate of drug-likeness (QED) is 0.446. The van der Waals surface area contributed by atoms with Crippen LogP contribution in [0.1, 0.15) is 25.8 Å². The molecule has 0 saturated carbocycles. The highest BCUT2D eigenvalue weighted by molar-refractivity contribution is 7.89. The zero-order valence-corrected chi connectivity index (χ0v) is 20.4. The number of anilines is 1. The van der Waals surface area contributed by atoms with Crippen molar-refractivity contribution in [2.45, 2.75) is 26.4 Å². The fourth-order valence-corrected chi connectivity index (χ4v) is 5.22. The molecule has 1 aromatic carbocycles. The molecule has 13 heteroatoms.